The zero-order chi connectivity index (χ0) is 12.0. The van der Waals surface area contributed by atoms with Gasteiger partial charge in [-0.3, -0.25) is 0 Å². The Morgan fingerprint density at radius 2 is 1.71 bits per heavy atom. The van der Waals surface area contributed by atoms with E-state index in [9.17, 15) is 0 Å². The third-order valence-corrected chi connectivity index (χ3v) is 7.29. The Bertz CT molecular complexity index is 177. The number of rotatable bonds is 2. The number of aliphatic carboxylic acids is 1. The minimum absolute atomic E-state index is 0.231. The molecule has 0 radical (unpaired) electrons. The summed E-state index contributed by atoms with van der Waals surface area (Å²) < 4.78 is 4.91. The first-order valence-corrected chi connectivity index (χ1v) is 7.42. The third-order valence-electron chi connectivity index (χ3n) is 2.13. The van der Waals surface area contributed by atoms with Gasteiger partial charge in [0.2, 0.25) is 8.32 Å². The molecule has 0 aliphatic heterocycles. The highest BCUT2D eigenvalue weighted by molar-refractivity contribution is 6.76. The second-order valence-electron chi connectivity index (χ2n) is 4.39. The van der Waals surface area contributed by atoms with E-state index in [2.05, 4.69) is 33.9 Å². The van der Waals surface area contributed by atoms with Crippen molar-refractivity contribution in [3.8, 4) is 0 Å². The fraction of sp³-hybridized carbons (Fsp3) is 0.875. The van der Waals surface area contributed by atoms with Gasteiger partial charge in [0.1, 0.15) is 6.61 Å². The van der Waals surface area contributed by atoms with Gasteiger partial charge in [-0.25, -0.2) is 4.79 Å². The average molecular weight is 243 g/mol. The van der Waals surface area contributed by atoms with Crippen LogP contribution < -0.4 is 0 Å². The lowest BCUT2D eigenvalue weighted by Gasteiger charge is -2.32. The third kappa shape index (κ3) is 7.31. The molecule has 0 saturated heterocycles. The Labute approximate surface area is 91.1 Å². The van der Waals surface area contributed by atoms with Crippen LogP contribution in [-0.4, -0.2) is 31.1 Å². The van der Waals surface area contributed by atoms with E-state index in [0.717, 1.165) is 0 Å². The molecule has 0 aromatic rings. The molecule has 0 fully saturated rings. The van der Waals surface area contributed by atoms with E-state index in [0.29, 0.717) is 0 Å². The molecule has 0 aliphatic carbocycles. The van der Waals surface area contributed by atoms with Gasteiger partial charge in [-0.1, -0.05) is 20.8 Å². The van der Waals surface area contributed by atoms with Crippen molar-refractivity contribution >= 4 is 26.2 Å². The molecule has 14 heavy (non-hydrogen) atoms. The molecule has 0 spiro atoms. The number of hydrogen-bond acceptors (Lipinski definition) is 3. The summed E-state index contributed by atoms with van der Waals surface area (Å²) in [5, 5.41) is 15.2. The monoisotopic (exact) mass is 242 g/mol. The minimum atomic E-state index is -1.61. The van der Waals surface area contributed by atoms with Gasteiger partial charge in [-0.05, 0) is 18.1 Å². The zero-order valence-electron chi connectivity index (χ0n) is 9.30. The number of aliphatic hydroxyl groups excluding tert-OH is 1. The molecular weight excluding hydrogens is 224 g/mol. The first-order chi connectivity index (χ1) is 6.08. The van der Waals surface area contributed by atoms with Crippen LogP contribution in [0.2, 0.25) is 18.1 Å². The predicted octanol–water partition coefficient (Wildman–Crippen LogP) is 2.23. The van der Waals surface area contributed by atoms with Crippen LogP contribution >= 0.6 is 11.9 Å². The Kier molecular flexibility index (Phi) is 7.46. The zero-order valence-corrected chi connectivity index (χ0v) is 11.1. The molecule has 0 aromatic carbocycles. The van der Waals surface area contributed by atoms with Gasteiger partial charge in [-0.15, -0.1) is 0 Å². The molecule has 2 N–H and O–H groups in total. The normalized spacial score (nSPS) is 11.6. The summed E-state index contributed by atoms with van der Waals surface area (Å²) in [6.45, 7) is 9.91. The number of halogens is 1. The second kappa shape index (κ2) is 6.39. The summed E-state index contributed by atoms with van der Waals surface area (Å²) in [6.07, 6.45) is 0. The fourth-order valence-corrected chi connectivity index (χ4v) is 1.04. The highest BCUT2D eigenvalue weighted by Crippen LogP contribution is 2.36. The van der Waals surface area contributed by atoms with Crippen molar-refractivity contribution in [1.29, 1.82) is 0 Å². The standard InChI is InChI=1S/C6H15ClOSi.C2H4O3/c1-6(2,3)9(4,5)8-7;3-1-2(4)5/h1-5H3;3H,1H2,(H,4,5). The Hall–Kier alpha value is -0.103. The second-order valence-corrected chi connectivity index (χ2v) is 9.53. The maximum Gasteiger partial charge on any atom is 0.329 e. The van der Waals surface area contributed by atoms with Crippen molar-refractivity contribution < 1.29 is 19.0 Å². The molecule has 0 saturated carbocycles. The topological polar surface area (TPSA) is 66.8 Å². The molecule has 6 heteroatoms. The Balaban J connectivity index is 0. The van der Waals surface area contributed by atoms with Gasteiger partial charge in [-0.2, -0.15) is 0 Å². The van der Waals surface area contributed by atoms with Crippen LogP contribution in [0.1, 0.15) is 20.8 Å². The largest absolute Gasteiger partial charge is 0.480 e. The van der Waals surface area contributed by atoms with Crippen molar-refractivity contribution in [1.82, 2.24) is 0 Å². The molecule has 86 valence electrons. The van der Waals surface area contributed by atoms with E-state index in [1.54, 1.807) is 0 Å². The SMILES string of the molecule is CC(C)(C)[Si](C)(C)OCl.O=C(O)CO. The van der Waals surface area contributed by atoms with Crippen molar-refractivity contribution in [3.05, 3.63) is 0 Å². The van der Waals surface area contributed by atoms with E-state index in [1.807, 2.05) is 0 Å². The van der Waals surface area contributed by atoms with Crippen molar-refractivity contribution in [2.24, 2.45) is 0 Å². The van der Waals surface area contributed by atoms with Crippen LogP contribution in [0, 0.1) is 0 Å². The minimum Gasteiger partial charge on any atom is -0.480 e. The highest BCUT2D eigenvalue weighted by Gasteiger charge is 2.37. The van der Waals surface area contributed by atoms with Crippen LogP contribution in [0.5, 0.6) is 0 Å². The first kappa shape index (κ1) is 16.3. The quantitative estimate of drug-likeness (QED) is 0.729. The molecule has 0 rings (SSSR count). The van der Waals surface area contributed by atoms with E-state index >= 15 is 0 Å². The molecule has 0 aliphatic rings. The van der Waals surface area contributed by atoms with Crippen LogP contribution in [-0.2, 0) is 8.77 Å². The fourth-order valence-electron chi connectivity index (χ4n) is 0.116. The maximum absolute atomic E-state index is 9.12. The van der Waals surface area contributed by atoms with Crippen LogP contribution in [0.25, 0.3) is 0 Å². The summed E-state index contributed by atoms with van der Waals surface area (Å²) in [4.78, 5) is 9.12. The van der Waals surface area contributed by atoms with Crippen LogP contribution in [0.3, 0.4) is 0 Å². The summed E-state index contributed by atoms with van der Waals surface area (Å²) in [6, 6.07) is 0. The molecule has 0 unspecified atom stereocenters. The lowest BCUT2D eigenvalue weighted by Crippen LogP contribution is -2.37. The molecule has 0 bridgehead atoms. The number of carboxylic acids is 1. The summed E-state index contributed by atoms with van der Waals surface area (Å²) in [5.74, 6) is -1.19. The Morgan fingerprint density at radius 1 is 1.43 bits per heavy atom. The van der Waals surface area contributed by atoms with E-state index in [4.69, 9.17) is 30.9 Å². The van der Waals surface area contributed by atoms with Crippen LogP contribution in [0.15, 0.2) is 0 Å². The predicted molar refractivity (Wildman–Crippen MR) is 58.9 cm³/mol. The number of carbonyl (C=O) groups is 1. The number of hydrogen-bond donors (Lipinski definition) is 2. The number of aliphatic hydroxyl groups is 1. The smallest absolute Gasteiger partial charge is 0.329 e. The van der Waals surface area contributed by atoms with Crippen molar-refractivity contribution in [2.75, 3.05) is 6.61 Å². The molecule has 0 aromatic heterocycles. The van der Waals surface area contributed by atoms with Gasteiger partial charge in [0.15, 0.2) is 0 Å². The molecule has 0 heterocycles. The molecule has 4 nitrogen and oxygen atoms in total. The maximum atomic E-state index is 9.12. The lowest BCUT2D eigenvalue weighted by atomic mass is 10.2. The van der Waals surface area contributed by atoms with Crippen molar-refractivity contribution in [2.45, 2.75) is 38.9 Å². The van der Waals surface area contributed by atoms with E-state index < -0.39 is 20.9 Å². The van der Waals surface area contributed by atoms with Gasteiger partial charge in [0, 0.05) is 11.9 Å². The number of carboxylic acid groups (broad SMARTS) is 1. The average Bonchev–Trinajstić information content (AvgIpc) is 2.03. The summed E-state index contributed by atoms with van der Waals surface area (Å²) in [7, 11) is -1.61. The van der Waals surface area contributed by atoms with E-state index in [1.165, 1.54) is 0 Å². The molecule has 0 amide bonds. The van der Waals surface area contributed by atoms with Gasteiger partial charge in [0.25, 0.3) is 0 Å². The van der Waals surface area contributed by atoms with Crippen molar-refractivity contribution in [3.63, 3.8) is 0 Å². The van der Waals surface area contributed by atoms with E-state index in [-0.39, 0.29) is 5.04 Å². The molecular formula is C8H19ClO4Si. The molecule has 0 atom stereocenters. The summed E-state index contributed by atoms with van der Waals surface area (Å²) in [5.41, 5.74) is 0. The van der Waals surface area contributed by atoms with Crippen LogP contribution in [0.4, 0.5) is 0 Å². The summed E-state index contributed by atoms with van der Waals surface area (Å²) >= 11 is 5.34. The highest BCUT2D eigenvalue weighted by atomic mass is 35.5. The van der Waals surface area contributed by atoms with Gasteiger partial charge < -0.3 is 14.2 Å². The van der Waals surface area contributed by atoms with Gasteiger partial charge in [0.05, 0.1) is 0 Å². The Morgan fingerprint density at radius 3 is 1.71 bits per heavy atom. The van der Waals surface area contributed by atoms with Gasteiger partial charge >= 0.3 is 5.97 Å². The first-order valence-electron chi connectivity index (χ1n) is 4.21. The lowest BCUT2D eigenvalue weighted by molar-refractivity contribution is -0.140.